The molecule has 6 heavy (non-hydrogen) atoms. The van der Waals surface area contributed by atoms with Crippen molar-refractivity contribution in [3.8, 4) is 0 Å². The van der Waals surface area contributed by atoms with Crippen molar-refractivity contribution in [1.29, 1.82) is 0 Å². The van der Waals surface area contributed by atoms with Crippen LogP contribution in [-0.2, 0) is 0 Å². The smallest absolute Gasteiger partial charge is 0.652 e. The summed E-state index contributed by atoms with van der Waals surface area (Å²) in [7, 11) is 0. The van der Waals surface area contributed by atoms with Gasteiger partial charge in [-0.05, 0) is 6.16 Å². The van der Waals surface area contributed by atoms with Crippen LogP contribution in [0.1, 0.15) is 0 Å². The Morgan fingerprint density at radius 2 is 1.50 bits per heavy atom. The average molecular weight is 140 g/mol. The van der Waals surface area contributed by atoms with Crippen molar-refractivity contribution in [2.24, 2.45) is 0 Å². The van der Waals surface area contributed by atoms with Crippen molar-refractivity contribution < 1.29 is 118 Å². The Morgan fingerprint density at radius 1 is 1.50 bits per heavy atom. The van der Waals surface area contributed by atoms with E-state index in [1.807, 2.05) is 0 Å². The van der Waals surface area contributed by atoms with Gasteiger partial charge in [-0.15, -0.1) is 0 Å². The number of hydrogen-bond acceptors (Lipinski definition) is 3. The first-order valence-electron chi connectivity index (χ1n) is 0.612. The zero-order chi connectivity index (χ0) is 3.58. The molecule has 0 aromatic carbocycles. The first-order chi connectivity index (χ1) is 1.73. The minimum absolute atomic E-state index is 0. The fourth-order valence-electron chi connectivity index (χ4n) is 0. The van der Waals surface area contributed by atoms with Crippen LogP contribution in [0.5, 0.6) is 0 Å². The summed E-state index contributed by atoms with van der Waals surface area (Å²) in [4.78, 5) is 8.33. The molecule has 0 radical (unpaired) electrons. The minimum Gasteiger partial charge on any atom is -0.652 e. The summed E-state index contributed by atoms with van der Waals surface area (Å²) in [5.41, 5.74) is 0. The van der Waals surface area contributed by atoms with Gasteiger partial charge in [-0.3, -0.25) is 0 Å². The maximum absolute atomic E-state index is 8.33. The molecule has 0 aliphatic carbocycles. The van der Waals surface area contributed by atoms with E-state index in [0.29, 0.717) is 0 Å². The van der Waals surface area contributed by atoms with E-state index in [1.165, 1.54) is 0 Å². The molecule has 0 unspecified atom stereocenters. The van der Waals surface area contributed by atoms with Gasteiger partial charge < -0.3 is 15.0 Å². The second-order valence-electron chi connectivity index (χ2n) is 0.250. The average Bonchev–Trinajstić information content (AvgIpc) is 0.811. The monoisotopic (exact) mass is 140 g/mol. The Hall–Kier alpha value is 2.54. The summed E-state index contributed by atoms with van der Waals surface area (Å²) in [6, 6.07) is 0. The quantitative estimate of drug-likeness (QED) is 0.248. The second kappa shape index (κ2) is 10.5. The molecule has 0 saturated carbocycles. The van der Waals surface area contributed by atoms with Crippen LogP contribution in [-0.4, -0.2) is 6.16 Å². The molecule has 0 N–H and O–H groups in total. The van der Waals surface area contributed by atoms with Crippen molar-refractivity contribution in [2.45, 2.75) is 0 Å². The zero-order valence-electron chi connectivity index (χ0n) is 3.72. The minimum atomic E-state index is -2.33. The molecule has 3 nitrogen and oxygen atoms in total. The van der Waals surface area contributed by atoms with Crippen LogP contribution < -0.4 is 113 Å². The largest absolute Gasteiger partial charge is 1.00 e. The standard InChI is InChI=1S/CH2O3.2K/c2-1(3)4;;/h(H2,2,3,4);;/q;2*+1/p-2/i2+2;;. The predicted octanol–water partition coefficient (Wildman–Crippen LogP) is -8.44. The van der Waals surface area contributed by atoms with Gasteiger partial charge in [0.25, 0.3) is 0 Å². The summed E-state index contributed by atoms with van der Waals surface area (Å²) < 4.78 is 0. The third-order valence-corrected chi connectivity index (χ3v) is 0. The van der Waals surface area contributed by atoms with Gasteiger partial charge in [0.15, 0.2) is 0 Å². The second-order valence-corrected chi connectivity index (χ2v) is 0.250. The molecule has 0 aromatic heterocycles. The Labute approximate surface area is 120 Å². The molecule has 5 heteroatoms. The number of carbonyl (C=O) groups excluding carboxylic acids is 1. The van der Waals surface area contributed by atoms with Gasteiger partial charge >= 0.3 is 103 Å². The molecular formula is CK2O3. The summed E-state index contributed by atoms with van der Waals surface area (Å²) >= 11 is 0. The third-order valence-electron chi connectivity index (χ3n) is 0. The van der Waals surface area contributed by atoms with E-state index < -0.39 is 6.16 Å². The Bertz CT molecular complexity index is 31.8. The van der Waals surface area contributed by atoms with Gasteiger partial charge in [-0.2, -0.15) is 0 Å². The molecule has 0 aliphatic heterocycles. The van der Waals surface area contributed by atoms with Crippen LogP contribution in [0.3, 0.4) is 0 Å². The van der Waals surface area contributed by atoms with Crippen molar-refractivity contribution in [2.75, 3.05) is 0 Å². The molecule has 0 heterocycles. The number of rotatable bonds is 0. The summed E-state index contributed by atoms with van der Waals surface area (Å²) in [5, 5.41) is 16.7. The molecule has 0 aliphatic rings. The van der Waals surface area contributed by atoms with Crippen LogP contribution >= 0.6 is 0 Å². The van der Waals surface area contributed by atoms with E-state index in [1.54, 1.807) is 0 Å². The molecule has 0 fully saturated rings. The van der Waals surface area contributed by atoms with E-state index in [2.05, 4.69) is 0 Å². The molecular weight excluding hydrogens is 140 g/mol. The maximum atomic E-state index is 8.33. The number of carboxylic acid groups (broad SMARTS) is 2. The van der Waals surface area contributed by atoms with Crippen LogP contribution in [0.2, 0.25) is 0 Å². The van der Waals surface area contributed by atoms with Gasteiger partial charge in [0.05, 0.1) is 0 Å². The van der Waals surface area contributed by atoms with Gasteiger partial charge in [0.1, 0.15) is 0 Å². The van der Waals surface area contributed by atoms with E-state index in [0.717, 1.165) is 0 Å². The normalized spacial score (nSPS) is 4.00. The fraction of sp³-hybridized carbons (Fsp3) is 0. The molecule has 0 rings (SSSR count). The van der Waals surface area contributed by atoms with Crippen LogP contribution in [0.4, 0.5) is 4.79 Å². The fourth-order valence-corrected chi connectivity index (χ4v) is 0. The van der Waals surface area contributed by atoms with Crippen molar-refractivity contribution in [1.82, 2.24) is 0 Å². The van der Waals surface area contributed by atoms with Crippen molar-refractivity contribution >= 4 is 6.16 Å². The SMILES string of the molecule is O=C([O-])[18O-].[K+].[K+]. The first-order valence-corrected chi connectivity index (χ1v) is 0.612. The van der Waals surface area contributed by atoms with Crippen LogP contribution in [0.15, 0.2) is 0 Å². The summed E-state index contributed by atoms with van der Waals surface area (Å²) in [5.74, 6) is 0. The van der Waals surface area contributed by atoms with Gasteiger partial charge in [0.2, 0.25) is 0 Å². The molecule has 24 valence electrons. The maximum Gasteiger partial charge on any atom is 1.00 e. The Kier molecular flexibility index (Phi) is 27.7. The van der Waals surface area contributed by atoms with E-state index >= 15 is 0 Å². The van der Waals surface area contributed by atoms with E-state index in [9.17, 15) is 0 Å². The molecule has 0 bridgehead atoms. The molecule has 0 aromatic rings. The topological polar surface area (TPSA) is 63.2 Å². The van der Waals surface area contributed by atoms with E-state index in [4.69, 9.17) is 15.0 Å². The number of carbonyl (C=O) groups is 1. The molecule has 0 saturated heterocycles. The molecule has 0 spiro atoms. The van der Waals surface area contributed by atoms with Crippen LogP contribution in [0.25, 0.3) is 0 Å². The Morgan fingerprint density at radius 3 is 1.50 bits per heavy atom. The van der Waals surface area contributed by atoms with Gasteiger partial charge in [-0.25, -0.2) is 0 Å². The molecule has 0 amide bonds. The van der Waals surface area contributed by atoms with Gasteiger partial charge in [-0.1, -0.05) is 0 Å². The zero-order valence-corrected chi connectivity index (χ0v) is 9.97. The van der Waals surface area contributed by atoms with Crippen molar-refractivity contribution in [3.63, 3.8) is 0 Å². The van der Waals surface area contributed by atoms with Crippen molar-refractivity contribution in [3.05, 3.63) is 0 Å². The first kappa shape index (κ1) is 15.8. The number of hydrogen-bond donors (Lipinski definition) is 0. The predicted molar refractivity (Wildman–Crippen MR) is 5.40 cm³/mol. The Balaban J connectivity index is -0.0000000450. The third kappa shape index (κ3) is 31.1. The van der Waals surface area contributed by atoms with Gasteiger partial charge in [0, 0.05) is 0 Å². The van der Waals surface area contributed by atoms with E-state index in [-0.39, 0.29) is 103 Å². The summed E-state index contributed by atoms with van der Waals surface area (Å²) in [6.45, 7) is 0. The van der Waals surface area contributed by atoms with Crippen LogP contribution in [0, 0.1) is 0 Å². The molecule has 0 atom stereocenters. The summed E-state index contributed by atoms with van der Waals surface area (Å²) in [6.07, 6.45) is -2.33.